The maximum atomic E-state index is 13.5. The SMILES string of the molecule is COC(=O)c1cc(OCCN)cc(-c2cc(F)cc(Cl)c2)c1. The van der Waals surface area contributed by atoms with Gasteiger partial charge in [-0.15, -0.1) is 0 Å². The molecular formula is C16H15ClFNO3. The average molecular weight is 324 g/mol. The minimum absolute atomic E-state index is 0.267. The molecule has 0 aliphatic heterocycles. The minimum Gasteiger partial charge on any atom is -0.492 e. The lowest BCUT2D eigenvalue weighted by Crippen LogP contribution is -2.11. The van der Waals surface area contributed by atoms with Crippen LogP contribution >= 0.6 is 11.6 Å². The van der Waals surface area contributed by atoms with Crippen LogP contribution in [0.5, 0.6) is 5.75 Å². The number of halogens is 2. The fourth-order valence-electron chi connectivity index (χ4n) is 1.98. The van der Waals surface area contributed by atoms with Crippen LogP contribution in [0.3, 0.4) is 0 Å². The van der Waals surface area contributed by atoms with Crippen LogP contribution in [0.4, 0.5) is 4.39 Å². The summed E-state index contributed by atoms with van der Waals surface area (Å²) in [6.45, 7) is 0.636. The highest BCUT2D eigenvalue weighted by Crippen LogP contribution is 2.29. The van der Waals surface area contributed by atoms with Gasteiger partial charge in [0.05, 0.1) is 12.7 Å². The van der Waals surface area contributed by atoms with Crippen molar-refractivity contribution in [2.45, 2.75) is 0 Å². The van der Waals surface area contributed by atoms with Gasteiger partial charge < -0.3 is 15.2 Å². The Kier molecular flexibility index (Phi) is 5.35. The summed E-state index contributed by atoms with van der Waals surface area (Å²) in [4.78, 5) is 11.8. The van der Waals surface area contributed by atoms with Gasteiger partial charge >= 0.3 is 5.97 Å². The second-order valence-electron chi connectivity index (χ2n) is 4.53. The Labute approximate surface area is 132 Å². The molecule has 2 aromatic rings. The fourth-order valence-corrected chi connectivity index (χ4v) is 2.20. The summed E-state index contributed by atoms with van der Waals surface area (Å²) in [6.07, 6.45) is 0. The second kappa shape index (κ2) is 7.24. The molecule has 0 amide bonds. The van der Waals surface area contributed by atoms with Crippen LogP contribution in [0.2, 0.25) is 5.02 Å². The number of hydrogen-bond donors (Lipinski definition) is 1. The number of nitrogens with two attached hydrogens (primary N) is 1. The van der Waals surface area contributed by atoms with E-state index in [1.54, 1.807) is 24.3 Å². The van der Waals surface area contributed by atoms with Crippen LogP contribution in [-0.4, -0.2) is 26.2 Å². The van der Waals surface area contributed by atoms with Crippen molar-refractivity contribution < 1.29 is 18.7 Å². The van der Waals surface area contributed by atoms with E-state index in [0.717, 1.165) is 0 Å². The van der Waals surface area contributed by atoms with Crippen LogP contribution < -0.4 is 10.5 Å². The number of esters is 1. The molecule has 0 atom stereocenters. The largest absolute Gasteiger partial charge is 0.492 e. The van der Waals surface area contributed by atoms with E-state index in [-0.39, 0.29) is 5.02 Å². The summed E-state index contributed by atoms with van der Waals surface area (Å²) in [5.74, 6) is -0.527. The molecule has 0 aliphatic carbocycles. The van der Waals surface area contributed by atoms with Crippen molar-refractivity contribution in [1.82, 2.24) is 0 Å². The first-order valence-electron chi connectivity index (χ1n) is 6.56. The third-order valence-electron chi connectivity index (χ3n) is 2.91. The molecule has 0 fully saturated rings. The van der Waals surface area contributed by atoms with Gasteiger partial charge in [0, 0.05) is 11.6 Å². The maximum Gasteiger partial charge on any atom is 0.338 e. The first kappa shape index (κ1) is 16.3. The van der Waals surface area contributed by atoms with E-state index in [0.29, 0.717) is 35.6 Å². The third kappa shape index (κ3) is 3.96. The quantitative estimate of drug-likeness (QED) is 0.858. The molecule has 0 saturated carbocycles. The molecule has 2 rings (SSSR count). The van der Waals surface area contributed by atoms with E-state index >= 15 is 0 Å². The third-order valence-corrected chi connectivity index (χ3v) is 3.13. The smallest absolute Gasteiger partial charge is 0.338 e. The Bertz CT molecular complexity index is 671. The molecule has 0 aromatic heterocycles. The number of ether oxygens (including phenoxy) is 2. The molecule has 6 heteroatoms. The molecule has 0 aliphatic rings. The van der Waals surface area contributed by atoms with Crippen LogP contribution in [0, 0.1) is 5.82 Å². The molecule has 0 bridgehead atoms. The predicted molar refractivity (Wildman–Crippen MR) is 82.7 cm³/mol. The van der Waals surface area contributed by atoms with Gasteiger partial charge in [0.1, 0.15) is 18.2 Å². The predicted octanol–water partition coefficient (Wildman–Crippen LogP) is 3.27. The summed E-state index contributed by atoms with van der Waals surface area (Å²) < 4.78 is 23.7. The van der Waals surface area contributed by atoms with E-state index in [1.165, 1.54) is 19.2 Å². The van der Waals surface area contributed by atoms with Crippen molar-refractivity contribution in [2.24, 2.45) is 5.73 Å². The van der Waals surface area contributed by atoms with Crippen LogP contribution in [0.1, 0.15) is 10.4 Å². The van der Waals surface area contributed by atoms with Crippen LogP contribution in [-0.2, 0) is 4.74 Å². The zero-order chi connectivity index (χ0) is 16.1. The number of rotatable bonds is 5. The topological polar surface area (TPSA) is 61.5 Å². The van der Waals surface area contributed by atoms with Gasteiger partial charge in [0.25, 0.3) is 0 Å². The summed E-state index contributed by atoms with van der Waals surface area (Å²) in [5, 5.41) is 0.267. The number of hydrogen-bond acceptors (Lipinski definition) is 4. The van der Waals surface area contributed by atoms with E-state index in [2.05, 4.69) is 0 Å². The second-order valence-corrected chi connectivity index (χ2v) is 4.97. The Morgan fingerprint density at radius 2 is 1.91 bits per heavy atom. The molecule has 2 aromatic carbocycles. The van der Waals surface area contributed by atoms with Gasteiger partial charge in [0.15, 0.2) is 0 Å². The van der Waals surface area contributed by atoms with Gasteiger partial charge in [-0.1, -0.05) is 11.6 Å². The molecule has 0 spiro atoms. The molecule has 4 nitrogen and oxygen atoms in total. The zero-order valence-electron chi connectivity index (χ0n) is 11.9. The van der Waals surface area contributed by atoms with Crippen LogP contribution in [0.25, 0.3) is 11.1 Å². The maximum absolute atomic E-state index is 13.5. The summed E-state index contributed by atoms with van der Waals surface area (Å²) >= 11 is 5.87. The van der Waals surface area contributed by atoms with Crippen molar-refractivity contribution in [1.29, 1.82) is 0 Å². The Morgan fingerprint density at radius 3 is 2.55 bits per heavy atom. The number of carbonyl (C=O) groups is 1. The summed E-state index contributed by atoms with van der Waals surface area (Å²) in [7, 11) is 1.29. The average Bonchev–Trinajstić information content (AvgIpc) is 2.50. The van der Waals surface area contributed by atoms with Gasteiger partial charge in [0.2, 0.25) is 0 Å². The minimum atomic E-state index is -0.512. The van der Waals surface area contributed by atoms with Crippen molar-refractivity contribution in [3.05, 3.63) is 52.8 Å². The summed E-state index contributed by atoms with van der Waals surface area (Å²) in [6, 6.07) is 8.97. The van der Waals surface area contributed by atoms with Gasteiger partial charge in [-0.25, -0.2) is 9.18 Å². The van der Waals surface area contributed by atoms with Crippen LogP contribution in [0.15, 0.2) is 36.4 Å². The van der Waals surface area contributed by atoms with Crippen molar-refractivity contribution in [3.8, 4) is 16.9 Å². The molecule has 116 valence electrons. The van der Waals surface area contributed by atoms with Gasteiger partial charge in [-0.3, -0.25) is 0 Å². The zero-order valence-corrected chi connectivity index (χ0v) is 12.7. The molecule has 2 N–H and O–H groups in total. The molecule has 0 radical (unpaired) electrons. The van der Waals surface area contributed by atoms with E-state index in [9.17, 15) is 9.18 Å². The lowest BCUT2D eigenvalue weighted by atomic mass is 10.0. The molecule has 0 saturated heterocycles. The molecule has 22 heavy (non-hydrogen) atoms. The highest BCUT2D eigenvalue weighted by atomic mass is 35.5. The highest BCUT2D eigenvalue weighted by molar-refractivity contribution is 6.30. The van der Waals surface area contributed by atoms with Crippen molar-refractivity contribution >= 4 is 17.6 Å². The molecular weight excluding hydrogens is 309 g/mol. The first-order valence-corrected chi connectivity index (χ1v) is 6.94. The fraction of sp³-hybridized carbons (Fsp3) is 0.188. The lowest BCUT2D eigenvalue weighted by molar-refractivity contribution is 0.0600. The normalized spacial score (nSPS) is 10.4. The number of methoxy groups -OCH3 is 1. The number of carbonyl (C=O) groups excluding carboxylic acids is 1. The van der Waals surface area contributed by atoms with Crippen molar-refractivity contribution in [2.75, 3.05) is 20.3 Å². The van der Waals surface area contributed by atoms with Gasteiger partial charge in [-0.2, -0.15) is 0 Å². The Hall–Kier alpha value is -2.11. The summed E-state index contributed by atoms with van der Waals surface area (Å²) in [5.41, 5.74) is 6.83. The van der Waals surface area contributed by atoms with E-state index in [4.69, 9.17) is 26.8 Å². The van der Waals surface area contributed by atoms with E-state index < -0.39 is 11.8 Å². The molecule has 0 unspecified atom stereocenters. The molecule has 0 heterocycles. The number of benzene rings is 2. The van der Waals surface area contributed by atoms with Gasteiger partial charge in [-0.05, 0) is 47.5 Å². The Balaban J connectivity index is 2.50. The standard InChI is InChI=1S/C16H15ClFNO3/c1-21-16(20)12-4-10(7-15(8-12)22-3-2-19)11-5-13(17)9-14(18)6-11/h4-9H,2-3,19H2,1H3. The monoisotopic (exact) mass is 323 g/mol. The Morgan fingerprint density at radius 1 is 1.18 bits per heavy atom. The van der Waals surface area contributed by atoms with E-state index in [1.807, 2.05) is 0 Å². The highest BCUT2D eigenvalue weighted by Gasteiger charge is 2.12. The lowest BCUT2D eigenvalue weighted by Gasteiger charge is -2.11. The van der Waals surface area contributed by atoms with Crippen molar-refractivity contribution in [3.63, 3.8) is 0 Å². The first-order chi connectivity index (χ1) is 10.5.